The van der Waals surface area contributed by atoms with Gasteiger partial charge in [-0.05, 0) is 30.7 Å². The number of aromatic nitrogens is 3. The fourth-order valence-electron chi connectivity index (χ4n) is 3.18. The number of pyridine rings is 1. The van der Waals surface area contributed by atoms with Gasteiger partial charge < -0.3 is 9.64 Å². The smallest absolute Gasteiger partial charge is 0.162 e. The molecular formula is C19H20N4O. The van der Waals surface area contributed by atoms with E-state index in [9.17, 15) is 0 Å². The van der Waals surface area contributed by atoms with E-state index < -0.39 is 0 Å². The lowest BCUT2D eigenvalue weighted by Crippen LogP contribution is -2.45. The van der Waals surface area contributed by atoms with Crippen LogP contribution in [0, 0.1) is 0 Å². The van der Waals surface area contributed by atoms with Crippen LogP contribution >= 0.6 is 0 Å². The largest absolute Gasteiger partial charge is 0.377 e. The molecule has 0 spiro atoms. The van der Waals surface area contributed by atoms with Crippen LogP contribution in [0.2, 0.25) is 0 Å². The lowest BCUT2D eigenvalue weighted by molar-refractivity contribution is 0.0927. The number of fused-ring (bicyclic) bond motifs is 1. The first-order chi connectivity index (χ1) is 11.9. The van der Waals surface area contributed by atoms with Crippen LogP contribution in [0.1, 0.15) is 13.3 Å². The molecule has 0 bridgehead atoms. The van der Waals surface area contributed by atoms with Crippen molar-refractivity contribution in [2.24, 2.45) is 0 Å². The van der Waals surface area contributed by atoms with Crippen molar-refractivity contribution in [3.8, 4) is 11.4 Å². The van der Waals surface area contributed by atoms with E-state index in [0.717, 1.165) is 54.3 Å². The minimum absolute atomic E-state index is 0.349. The maximum atomic E-state index is 5.66. The molecule has 0 N–H and O–H groups in total. The zero-order valence-electron chi connectivity index (χ0n) is 13.7. The summed E-state index contributed by atoms with van der Waals surface area (Å²) in [5, 5.41) is 1.09. The van der Waals surface area contributed by atoms with Crippen molar-refractivity contribution in [3.63, 3.8) is 0 Å². The van der Waals surface area contributed by atoms with Gasteiger partial charge in [0.05, 0.1) is 24.8 Å². The van der Waals surface area contributed by atoms with E-state index in [1.807, 2.05) is 30.3 Å². The Labute approximate surface area is 141 Å². The molecule has 1 atom stereocenters. The fraction of sp³-hybridized carbons (Fsp3) is 0.316. The predicted molar refractivity (Wildman–Crippen MR) is 95.0 cm³/mol. The molecule has 5 nitrogen and oxygen atoms in total. The molecule has 0 aliphatic carbocycles. The van der Waals surface area contributed by atoms with E-state index >= 15 is 0 Å². The third-order valence-corrected chi connectivity index (χ3v) is 4.49. The number of hydrogen-bond donors (Lipinski definition) is 0. The predicted octanol–water partition coefficient (Wildman–Crippen LogP) is 3.31. The molecule has 1 unspecified atom stereocenters. The number of para-hydroxylation sites is 1. The molecule has 24 heavy (non-hydrogen) atoms. The number of morpholine rings is 1. The second-order valence-corrected chi connectivity index (χ2v) is 5.95. The van der Waals surface area contributed by atoms with Gasteiger partial charge in [-0.1, -0.05) is 19.1 Å². The van der Waals surface area contributed by atoms with Crippen molar-refractivity contribution in [3.05, 3.63) is 48.8 Å². The Balaban J connectivity index is 1.89. The standard InChI is InChI=1S/C19H20N4O/c1-2-15-13-24-12-11-23(15)19-16-5-3-4-6-17(16)21-18(22-19)14-7-9-20-10-8-14/h3-10,15H,2,11-13H2,1H3. The van der Waals surface area contributed by atoms with E-state index in [1.54, 1.807) is 12.4 Å². The van der Waals surface area contributed by atoms with Crippen LogP contribution in [-0.4, -0.2) is 40.8 Å². The summed E-state index contributed by atoms with van der Waals surface area (Å²) in [7, 11) is 0. The third kappa shape index (κ3) is 2.71. The zero-order valence-corrected chi connectivity index (χ0v) is 13.7. The summed E-state index contributed by atoms with van der Waals surface area (Å²) in [5.74, 6) is 1.75. The maximum absolute atomic E-state index is 5.66. The Morgan fingerprint density at radius 3 is 2.79 bits per heavy atom. The van der Waals surface area contributed by atoms with Gasteiger partial charge in [0, 0.05) is 29.9 Å². The molecule has 4 rings (SSSR count). The van der Waals surface area contributed by atoms with E-state index in [0.29, 0.717) is 6.04 Å². The summed E-state index contributed by atoms with van der Waals surface area (Å²) in [5.41, 5.74) is 1.95. The highest BCUT2D eigenvalue weighted by atomic mass is 16.5. The Kier molecular flexibility index (Phi) is 4.09. The number of benzene rings is 1. The molecule has 0 saturated carbocycles. The fourth-order valence-corrected chi connectivity index (χ4v) is 3.18. The molecule has 0 amide bonds. The second-order valence-electron chi connectivity index (χ2n) is 5.95. The average Bonchev–Trinajstić information content (AvgIpc) is 2.68. The van der Waals surface area contributed by atoms with Crippen LogP contribution < -0.4 is 4.90 Å². The molecule has 1 saturated heterocycles. The van der Waals surface area contributed by atoms with Gasteiger partial charge >= 0.3 is 0 Å². The van der Waals surface area contributed by atoms with Crippen LogP contribution in [0.3, 0.4) is 0 Å². The van der Waals surface area contributed by atoms with Gasteiger partial charge in [-0.2, -0.15) is 0 Å². The Morgan fingerprint density at radius 1 is 1.12 bits per heavy atom. The number of ether oxygens (including phenoxy) is 1. The molecule has 3 aromatic rings. The van der Waals surface area contributed by atoms with Crippen molar-refractivity contribution in [2.45, 2.75) is 19.4 Å². The molecule has 3 heterocycles. The first-order valence-corrected chi connectivity index (χ1v) is 8.38. The van der Waals surface area contributed by atoms with Crippen LogP contribution in [0.4, 0.5) is 5.82 Å². The van der Waals surface area contributed by atoms with Gasteiger partial charge in [-0.3, -0.25) is 4.98 Å². The van der Waals surface area contributed by atoms with Crippen LogP contribution in [-0.2, 0) is 4.74 Å². The third-order valence-electron chi connectivity index (χ3n) is 4.49. The van der Waals surface area contributed by atoms with E-state index in [4.69, 9.17) is 14.7 Å². The number of nitrogens with zero attached hydrogens (tertiary/aromatic N) is 4. The number of rotatable bonds is 3. The molecule has 1 aromatic carbocycles. The van der Waals surface area contributed by atoms with Crippen molar-refractivity contribution in [1.29, 1.82) is 0 Å². The highest BCUT2D eigenvalue weighted by molar-refractivity contribution is 5.91. The number of hydrogen-bond acceptors (Lipinski definition) is 5. The minimum Gasteiger partial charge on any atom is -0.377 e. The monoisotopic (exact) mass is 320 g/mol. The van der Waals surface area contributed by atoms with Crippen LogP contribution in [0.5, 0.6) is 0 Å². The lowest BCUT2D eigenvalue weighted by Gasteiger charge is -2.36. The van der Waals surface area contributed by atoms with Crippen molar-refractivity contribution in [1.82, 2.24) is 15.0 Å². The van der Waals surface area contributed by atoms with Crippen LogP contribution in [0.25, 0.3) is 22.3 Å². The SMILES string of the molecule is CCC1COCCN1c1nc(-c2ccncc2)nc2ccccc12. The van der Waals surface area contributed by atoms with Gasteiger partial charge in [-0.15, -0.1) is 0 Å². The molecule has 1 aliphatic rings. The molecule has 2 aromatic heterocycles. The van der Waals surface area contributed by atoms with E-state index in [1.165, 1.54) is 0 Å². The summed E-state index contributed by atoms with van der Waals surface area (Å²) < 4.78 is 5.66. The topological polar surface area (TPSA) is 51.1 Å². The van der Waals surface area contributed by atoms with Gasteiger partial charge in [0.2, 0.25) is 0 Å². The van der Waals surface area contributed by atoms with Gasteiger partial charge in [-0.25, -0.2) is 9.97 Å². The molecular weight excluding hydrogens is 300 g/mol. The summed E-state index contributed by atoms with van der Waals surface area (Å²) in [6, 6.07) is 12.5. The average molecular weight is 320 g/mol. The zero-order chi connectivity index (χ0) is 16.4. The molecule has 5 heteroatoms. The van der Waals surface area contributed by atoms with Gasteiger partial charge in [0.25, 0.3) is 0 Å². The Morgan fingerprint density at radius 2 is 1.96 bits per heavy atom. The summed E-state index contributed by atoms with van der Waals surface area (Å²) in [4.78, 5) is 16.1. The van der Waals surface area contributed by atoms with Gasteiger partial charge in [0.15, 0.2) is 5.82 Å². The molecule has 122 valence electrons. The first kappa shape index (κ1) is 15.0. The summed E-state index contributed by atoms with van der Waals surface area (Å²) in [6.07, 6.45) is 4.58. The summed E-state index contributed by atoms with van der Waals surface area (Å²) >= 11 is 0. The molecule has 0 radical (unpaired) electrons. The maximum Gasteiger partial charge on any atom is 0.162 e. The quantitative estimate of drug-likeness (QED) is 0.741. The Hall–Kier alpha value is -2.53. The van der Waals surface area contributed by atoms with Gasteiger partial charge in [0.1, 0.15) is 5.82 Å². The van der Waals surface area contributed by atoms with E-state index in [-0.39, 0.29) is 0 Å². The summed E-state index contributed by atoms with van der Waals surface area (Å²) in [6.45, 7) is 4.54. The number of anilines is 1. The van der Waals surface area contributed by atoms with Crippen molar-refractivity contribution >= 4 is 16.7 Å². The molecule has 1 aliphatic heterocycles. The highest BCUT2D eigenvalue weighted by Gasteiger charge is 2.25. The van der Waals surface area contributed by atoms with Crippen molar-refractivity contribution in [2.75, 3.05) is 24.7 Å². The Bertz CT molecular complexity index is 837. The first-order valence-electron chi connectivity index (χ1n) is 8.38. The van der Waals surface area contributed by atoms with E-state index in [2.05, 4.69) is 22.9 Å². The second kappa shape index (κ2) is 6.53. The normalized spacial score (nSPS) is 18.0. The molecule has 1 fully saturated rings. The lowest BCUT2D eigenvalue weighted by atomic mass is 10.1. The van der Waals surface area contributed by atoms with Crippen LogP contribution in [0.15, 0.2) is 48.8 Å². The van der Waals surface area contributed by atoms with Crippen molar-refractivity contribution < 1.29 is 4.74 Å². The highest BCUT2D eigenvalue weighted by Crippen LogP contribution is 2.30. The minimum atomic E-state index is 0.349.